The lowest BCUT2D eigenvalue weighted by Gasteiger charge is -2.24. The second-order valence-corrected chi connectivity index (χ2v) is 38.3. The van der Waals surface area contributed by atoms with Crippen LogP contribution in [0, 0.1) is 0 Å². The molecule has 0 spiro atoms. The number of fused-ring (bicyclic) bond motifs is 16. The zero-order chi connectivity index (χ0) is 93.6. The summed E-state index contributed by atoms with van der Waals surface area (Å²) in [4.78, 5) is 0. The summed E-state index contributed by atoms with van der Waals surface area (Å²) in [5.74, 6) is 0. The fraction of sp³-hybridized carbons (Fsp3) is 0.0213. The van der Waals surface area contributed by atoms with Gasteiger partial charge in [0.25, 0.3) is 0 Å². The van der Waals surface area contributed by atoms with Crippen molar-refractivity contribution in [3.05, 3.63) is 545 Å². The molecule has 0 heterocycles. The van der Waals surface area contributed by atoms with E-state index in [-0.39, 0.29) is 5.41 Å². The van der Waals surface area contributed by atoms with Crippen LogP contribution >= 0.6 is 0 Å². The summed E-state index contributed by atoms with van der Waals surface area (Å²) in [5.41, 5.74) is 32.9. The molecule has 658 valence electrons. The molecule has 0 unspecified atom stereocenters. The summed E-state index contributed by atoms with van der Waals surface area (Å²) in [7, 11) is 0. The second kappa shape index (κ2) is 35.0. The maximum Gasteiger partial charge on any atom is 0.0165 e. The van der Waals surface area contributed by atoms with Gasteiger partial charge in [-0.25, -0.2) is 0 Å². The van der Waals surface area contributed by atoms with Crippen LogP contribution in [0.25, 0.3) is 263 Å². The molecule has 1 aliphatic carbocycles. The summed E-state index contributed by atoms with van der Waals surface area (Å²) in [5, 5.41) is 30.5. The van der Waals surface area contributed by atoms with Gasteiger partial charge in [-0.15, -0.1) is 0 Å². The van der Waals surface area contributed by atoms with Crippen LogP contribution in [0.5, 0.6) is 0 Å². The van der Waals surface area contributed by atoms with Gasteiger partial charge in [-0.1, -0.05) is 505 Å². The Labute approximate surface area is 821 Å². The highest BCUT2D eigenvalue weighted by Gasteiger charge is 2.37. The van der Waals surface area contributed by atoms with E-state index in [1.54, 1.807) is 0 Å². The molecule has 0 saturated carbocycles. The van der Waals surface area contributed by atoms with Gasteiger partial charge in [-0.2, -0.15) is 0 Å². The standard InChI is InChI=1S/C53H36.C50H32.C38H26/c1-53(2)49-32-39(24-26-43(49)47-28-23-35-13-7-8-16-42(35)52(47)53)38-25-27-46-48(31-38)51(41-22-20-34-12-4-6-15-37(34)30-41)45-18-10-9-17-44(45)50(46)40-21-19-33-11-3-5-14-36(33)29-40;1-2-14-38-31-40(28-23-33(38)11-1)50-46-20-8-7-19-45(46)49(37-26-24-36(25-27-37)43-21-9-15-34-12-3-5-17-41(34)43)48-32-39(29-30-47(48)50)44-22-10-16-35-13-4-6-18-42(35)44;1-4-12-27(13-5-1)29-20-22-31(23-21-29)38-34-19-11-10-18-33(34)37(30-16-8-3-9-17-30)35-25-24-32(26-36(35)38)28-14-6-2-7-15-28/h3-32H,1-2H3;1-32H;1-26H. The molecule has 0 nitrogen and oxygen atoms in total. The predicted octanol–water partition coefficient (Wildman–Crippen LogP) is 39.5. The van der Waals surface area contributed by atoms with Crippen molar-refractivity contribution in [1.82, 2.24) is 0 Å². The third-order valence-electron chi connectivity index (χ3n) is 29.9. The van der Waals surface area contributed by atoms with Crippen molar-refractivity contribution in [2.24, 2.45) is 0 Å². The zero-order valence-electron chi connectivity index (χ0n) is 78.3. The summed E-state index contributed by atoms with van der Waals surface area (Å²) >= 11 is 0. The van der Waals surface area contributed by atoms with E-state index >= 15 is 0 Å². The highest BCUT2D eigenvalue weighted by Crippen LogP contribution is 2.55. The van der Waals surface area contributed by atoms with Crippen LogP contribution in [-0.4, -0.2) is 0 Å². The Morgan fingerprint density at radius 1 is 0.113 bits per heavy atom. The smallest absolute Gasteiger partial charge is 0.0165 e. The third-order valence-corrected chi connectivity index (χ3v) is 29.9. The molecular formula is C141H94. The Morgan fingerprint density at radius 3 is 0.794 bits per heavy atom. The monoisotopic (exact) mass is 1790 g/mol. The van der Waals surface area contributed by atoms with Gasteiger partial charge in [0, 0.05) is 5.41 Å². The fourth-order valence-electron chi connectivity index (χ4n) is 23.2. The van der Waals surface area contributed by atoms with Crippen LogP contribution < -0.4 is 0 Å². The van der Waals surface area contributed by atoms with E-state index < -0.39 is 0 Å². The second-order valence-electron chi connectivity index (χ2n) is 38.3. The maximum atomic E-state index is 2.46. The predicted molar refractivity (Wildman–Crippen MR) is 607 cm³/mol. The van der Waals surface area contributed by atoms with E-state index in [4.69, 9.17) is 0 Å². The summed E-state index contributed by atoms with van der Waals surface area (Å²) in [6, 6.07) is 196. The topological polar surface area (TPSA) is 0 Å². The van der Waals surface area contributed by atoms with Gasteiger partial charge in [0.2, 0.25) is 0 Å². The fourth-order valence-corrected chi connectivity index (χ4v) is 23.2. The Morgan fingerprint density at radius 2 is 0.355 bits per heavy atom. The van der Waals surface area contributed by atoms with Crippen molar-refractivity contribution in [2.45, 2.75) is 19.3 Å². The summed E-state index contributed by atoms with van der Waals surface area (Å²) in [6.07, 6.45) is 0. The van der Waals surface area contributed by atoms with Crippen LogP contribution in [-0.2, 0) is 5.41 Å². The highest BCUT2D eigenvalue weighted by atomic mass is 14.4. The van der Waals surface area contributed by atoms with Gasteiger partial charge < -0.3 is 0 Å². The van der Waals surface area contributed by atoms with Gasteiger partial charge in [-0.3, -0.25) is 0 Å². The van der Waals surface area contributed by atoms with Crippen molar-refractivity contribution in [3.63, 3.8) is 0 Å². The van der Waals surface area contributed by atoms with Gasteiger partial charge in [0.15, 0.2) is 0 Å². The quantitative estimate of drug-likeness (QED) is 0.113. The van der Waals surface area contributed by atoms with Gasteiger partial charge in [-0.05, 0) is 316 Å². The van der Waals surface area contributed by atoms with Crippen LogP contribution in [0.4, 0.5) is 0 Å². The van der Waals surface area contributed by atoms with Crippen molar-refractivity contribution in [2.75, 3.05) is 0 Å². The zero-order valence-corrected chi connectivity index (χ0v) is 78.3. The van der Waals surface area contributed by atoms with E-state index in [1.165, 1.54) is 274 Å². The largest absolute Gasteiger partial charge is 0.0622 e. The molecule has 0 bridgehead atoms. The minimum absolute atomic E-state index is 0.117. The SMILES string of the molecule is CC1(C)c2cc(-c3ccc4c(-c5ccc6ccccc6c5)c5ccccc5c(-c5ccc6ccccc6c5)c4c3)ccc2-c2ccc3ccccc3c21.c1ccc(-c2ccc(-c3c4ccccc4c(-c4ccccc4)c4ccc(-c5ccccc5)cc34)cc2)cc1.c1ccc2cc(-c3c4ccccc4c(-c4ccc(-c5cccc6ccccc56)cc4)c4cc(-c5cccc6ccccc56)ccc34)ccc2c1. The van der Waals surface area contributed by atoms with E-state index in [0.717, 1.165) is 0 Å². The lowest BCUT2D eigenvalue weighted by molar-refractivity contribution is 0.666. The average Bonchev–Trinajstić information content (AvgIpc) is 1.40. The Hall–Kier alpha value is -17.9. The molecule has 27 aromatic carbocycles. The first-order chi connectivity index (χ1) is 69.7. The minimum Gasteiger partial charge on any atom is -0.0622 e. The van der Waals surface area contributed by atoms with Gasteiger partial charge in [0.05, 0.1) is 0 Å². The first kappa shape index (κ1) is 83.6. The van der Waals surface area contributed by atoms with E-state index in [9.17, 15) is 0 Å². The molecule has 0 fully saturated rings. The van der Waals surface area contributed by atoms with Crippen molar-refractivity contribution in [1.29, 1.82) is 0 Å². The van der Waals surface area contributed by atoms with Crippen LogP contribution in [0.3, 0.4) is 0 Å². The minimum atomic E-state index is -0.117. The molecule has 0 heteroatoms. The van der Waals surface area contributed by atoms with E-state index in [1.807, 2.05) is 0 Å². The molecule has 0 radical (unpaired) electrons. The molecule has 0 N–H and O–H groups in total. The molecule has 0 saturated heterocycles. The number of hydrogen-bond donors (Lipinski definition) is 0. The Balaban J connectivity index is 0.000000110. The third kappa shape index (κ3) is 14.8. The van der Waals surface area contributed by atoms with Gasteiger partial charge in [0.1, 0.15) is 0 Å². The lowest BCUT2D eigenvalue weighted by Crippen LogP contribution is -2.15. The number of benzene rings is 27. The van der Waals surface area contributed by atoms with Crippen molar-refractivity contribution >= 4 is 129 Å². The van der Waals surface area contributed by atoms with E-state index in [0.29, 0.717) is 0 Å². The van der Waals surface area contributed by atoms with Crippen LogP contribution in [0.15, 0.2) is 534 Å². The molecule has 28 rings (SSSR count). The lowest BCUT2D eigenvalue weighted by atomic mass is 9.79. The highest BCUT2D eigenvalue weighted by molar-refractivity contribution is 6.26. The summed E-state index contributed by atoms with van der Waals surface area (Å²) < 4.78 is 0. The molecule has 1 aliphatic rings. The Bertz CT molecular complexity index is 9650. The molecule has 0 atom stereocenters. The van der Waals surface area contributed by atoms with Crippen molar-refractivity contribution in [3.8, 4) is 134 Å². The Kier molecular flexibility index (Phi) is 20.8. The number of rotatable bonds is 11. The first-order valence-electron chi connectivity index (χ1n) is 49.1. The molecule has 0 aromatic heterocycles. The number of hydrogen-bond acceptors (Lipinski definition) is 0. The first-order valence-corrected chi connectivity index (χ1v) is 49.1. The normalized spacial score (nSPS) is 12.1. The van der Waals surface area contributed by atoms with Crippen LogP contribution in [0.2, 0.25) is 0 Å². The molecular weight excluding hydrogens is 1690 g/mol. The molecule has 0 amide bonds. The van der Waals surface area contributed by atoms with Crippen molar-refractivity contribution < 1.29 is 0 Å². The van der Waals surface area contributed by atoms with E-state index in [2.05, 4.69) is 548 Å². The summed E-state index contributed by atoms with van der Waals surface area (Å²) in [6.45, 7) is 4.79. The maximum absolute atomic E-state index is 2.46. The molecule has 0 aliphatic heterocycles. The van der Waals surface area contributed by atoms with Crippen LogP contribution in [0.1, 0.15) is 25.0 Å². The molecule has 141 heavy (non-hydrogen) atoms. The average molecular weight is 1790 g/mol. The molecule has 27 aromatic rings. The van der Waals surface area contributed by atoms with Gasteiger partial charge >= 0.3 is 0 Å².